The molecule has 0 spiro atoms. The minimum atomic E-state index is 0.0601. The number of halogens is 2. The molecule has 0 aliphatic carbocycles. The lowest BCUT2D eigenvalue weighted by Gasteiger charge is -2.32. The van der Waals surface area contributed by atoms with Crippen LogP contribution in [0.25, 0.3) is 0 Å². The maximum absolute atomic E-state index is 6.22. The van der Waals surface area contributed by atoms with E-state index < -0.39 is 0 Å². The minimum absolute atomic E-state index is 0.0601. The van der Waals surface area contributed by atoms with Gasteiger partial charge in [-0.25, -0.2) is 9.97 Å². The van der Waals surface area contributed by atoms with E-state index in [1.54, 1.807) is 0 Å². The van der Waals surface area contributed by atoms with Gasteiger partial charge in [-0.2, -0.15) is 9.97 Å². The molecule has 2 fully saturated rings. The third-order valence-electron chi connectivity index (χ3n) is 8.18. The summed E-state index contributed by atoms with van der Waals surface area (Å²) < 4.78 is 11.6. The maximum Gasteiger partial charge on any atom is 0.222 e. The van der Waals surface area contributed by atoms with Crippen LogP contribution in [0.2, 0.25) is 10.0 Å². The number of anilines is 4. The standard InChI is InChI=1S/2C17H21ClN4O/c2*1-11-4-5-13(18)9-14(11)15-10-23-7-3-6-22(15)16-8-12(2)20-17(19)21-16/h2*4-5,8-9,15H,3,6-7,10H2,1-2H3,(H2,19,20,21)/t2*15-/m10/s1. The van der Waals surface area contributed by atoms with Crippen LogP contribution in [0.5, 0.6) is 0 Å². The van der Waals surface area contributed by atoms with Crippen molar-refractivity contribution < 1.29 is 9.47 Å². The largest absolute Gasteiger partial charge is 0.379 e. The van der Waals surface area contributed by atoms with Crippen molar-refractivity contribution in [1.29, 1.82) is 0 Å². The molecule has 46 heavy (non-hydrogen) atoms. The average Bonchev–Trinajstić information content (AvgIpc) is 3.40. The molecule has 2 atom stereocenters. The smallest absolute Gasteiger partial charge is 0.222 e. The van der Waals surface area contributed by atoms with Gasteiger partial charge in [0, 0.05) is 59.9 Å². The summed E-state index contributed by atoms with van der Waals surface area (Å²) >= 11 is 12.4. The van der Waals surface area contributed by atoms with E-state index in [0.717, 1.165) is 83.3 Å². The Morgan fingerprint density at radius 1 is 0.630 bits per heavy atom. The Kier molecular flexibility index (Phi) is 11.2. The molecule has 2 aliphatic heterocycles. The van der Waals surface area contributed by atoms with Crippen LogP contribution >= 0.6 is 23.2 Å². The average molecular weight is 666 g/mol. The number of aromatic nitrogens is 4. The highest BCUT2D eigenvalue weighted by molar-refractivity contribution is 6.31. The van der Waals surface area contributed by atoms with Gasteiger partial charge in [0.05, 0.1) is 25.3 Å². The van der Waals surface area contributed by atoms with Gasteiger partial charge in [0.2, 0.25) is 11.9 Å². The summed E-state index contributed by atoms with van der Waals surface area (Å²) in [6.07, 6.45) is 1.89. The van der Waals surface area contributed by atoms with Crippen molar-refractivity contribution in [2.45, 2.75) is 52.6 Å². The van der Waals surface area contributed by atoms with Gasteiger partial charge in [0.25, 0.3) is 0 Å². The van der Waals surface area contributed by atoms with Crippen LogP contribution in [0.4, 0.5) is 23.5 Å². The molecule has 2 aromatic heterocycles. The molecule has 0 radical (unpaired) electrons. The molecule has 4 heterocycles. The Morgan fingerprint density at radius 2 is 1.04 bits per heavy atom. The van der Waals surface area contributed by atoms with Crippen molar-refractivity contribution in [3.8, 4) is 0 Å². The van der Waals surface area contributed by atoms with Gasteiger partial charge in [-0.05, 0) is 87.1 Å². The molecule has 0 unspecified atom stereocenters. The topological polar surface area (TPSA) is 129 Å². The first kappa shape index (κ1) is 33.7. The Morgan fingerprint density at radius 3 is 1.43 bits per heavy atom. The molecule has 0 amide bonds. The van der Waals surface area contributed by atoms with Crippen molar-refractivity contribution in [1.82, 2.24) is 19.9 Å². The number of hydrogen-bond donors (Lipinski definition) is 2. The number of ether oxygens (including phenoxy) is 2. The molecule has 2 saturated heterocycles. The molecule has 4 aromatic rings. The zero-order valence-corrected chi connectivity index (χ0v) is 28.4. The van der Waals surface area contributed by atoms with E-state index in [0.29, 0.717) is 25.1 Å². The molecular formula is C34H42Cl2N8O2. The number of aryl methyl sites for hydroxylation is 4. The van der Waals surface area contributed by atoms with Crippen LogP contribution in [0, 0.1) is 27.7 Å². The molecular weight excluding hydrogens is 623 g/mol. The fourth-order valence-corrected chi connectivity index (χ4v) is 6.36. The number of benzene rings is 2. The Labute approximate surface area is 281 Å². The molecule has 0 saturated carbocycles. The monoisotopic (exact) mass is 664 g/mol. The second kappa shape index (κ2) is 15.3. The van der Waals surface area contributed by atoms with Crippen molar-refractivity contribution in [2.75, 3.05) is 60.8 Å². The Balaban J connectivity index is 0.000000181. The van der Waals surface area contributed by atoms with E-state index in [2.05, 4.69) is 43.6 Å². The van der Waals surface area contributed by atoms with E-state index in [1.165, 1.54) is 11.1 Å². The normalized spacial score (nSPS) is 18.7. The first-order valence-electron chi connectivity index (χ1n) is 15.5. The lowest BCUT2D eigenvalue weighted by Crippen LogP contribution is -2.32. The van der Waals surface area contributed by atoms with Crippen molar-refractivity contribution in [2.24, 2.45) is 0 Å². The van der Waals surface area contributed by atoms with Gasteiger partial charge in [0.1, 0.15) is 11.6 Å². The van der Waals surface area contributed by atoms with E-state index >= 15 is 0 Å². The molecule has 2 aliphatic rings. The van der Waals surface area contributed by atoms with Crippen LogP contribution in [0.3, 0.4) is 0 Å². The molecule has 0 bridgehead atoms. The number of nitrogens with zero attached hydrogens (tertiary/aromatic N) is 6. The highest BCUT2D eigenvalue weighted by Crippen LogP contribution is 2.34. The number of hydrogen-bond acceptors (Lipinski definition) is 10. The summed E-state index contributed by atoms with van der Waals surface area (Å²) in [5, 5.41) is 1.46. The number of nitrogen functional groups attached to an aromatic ring is 2. The van der Waals surface area contributed by atoms with Gasteiger partial charge in [0.15, 0.2) is 0 Å². The lowest BCUT2D eigenvalue weighted by molar-refractivity contribution is 0.134. The van der Waals surface area contributed by atoms with E-state index in [4.69, 9.17) is 44.1 Å². The predicted molar refractivity (Wildman–Crippen MR) is 186 cm³/mol. The summed E-state index contributed by atoms with van der Waals surface area (Å²) in [5.74, 6) is 2.27. The first-order chi connectivity index (χ1) is 22.1. The predicted octanol–water partition coefficient (Wildman–Crippen LogP) is 6.59. The highest BCUT2D eigenvalue weighted by Gasteiger charge is 2.28. The van der Waals surface area contributed by atoms with Crippen LogP contribution in [-0.4, -0.2) is 59.5 Å². The number of nitrogens with two attached hydrogens (primary N) is 2. The summed E-state index contributed by atoms with van der Waals surface area (Å²) in [6, 6.07) is 16.0. The molecule has 12 heteroatoms. The van der Waals surface area contributed by atoms with E-state index in [9.17, 15) is 0 Å². The third kappa shape index (κ3) is 8.36. The second-order valence-electron chi connectivity index (χ2n) is 11.7. The van der Waals surface area contributed by atoms with Gasteiger partial charge < -0.3 is 30.7 Å². The molecule has 244 valence electrons. The van der Waals surface area contributed by atoms with Crippen LogP contribution in [-0.2, 0) is 9.47 Å². The van der Waals surface area contributed by atoms with Crippen LogP contribution < -0.4 is 21.3 Å². The Hall–Kier alpha value is -3.70. The lowest BCUT2D eigenvalue weighted by atomic mass is 10.0. The van der Waals surface area contributed by atoms with Gasteiger partial charge in [-0.3, -0.25) is 0 Å². The van der Waals surface area contributed by atoms with Gasteiger partial charge in [-0.15, -0.1) is 0 Å². The summed E-state index contributed by atoms with van der Waals surface area (Å²) in [6.45, 7) is 12.4. The third-order valence-corrected chi connectivity index (χ3v) is 8.65. The van der Waals surface area contributed by atoms with Crippen molar-refractivity contribution in [3.05, 3.63) is 92.2 Å². The maximum atomic E-state index is 6.22. The van der Waals surface area contributed by atoms with Crippen LogP contribution in [0.1, 0.15) is 58.6 Å². The molecule has 10 nitrogen and oxygen atoms in total. The van der Waals surface area contributed by atoms with E-state index in [-0.39, 0.29) is 12.1 Å². The fraction of sp³-hybridized carbons (Fsp3) is 0.412. The van der Waals surface area contributed by atoms with Gasteiger partial charge >= 0.3 is 0 Å². The quantitative estimate of drug-likeness (QED) is 0.246. The summed E-state index contributed by atoms with van der Waals surface area (Å²) in [7, 11) is 0. The molecule has 4 N–H and O–H groups in total. The zero-order chi connectivity index (χ0) is 32.8. The fourth-order valence-electron chi connectivity index (χ4n) is 6.00. The highest BCUT2D eigenvalue weighted by atomic mass is 35.5. The minimum Gasteiger partial charge on any atom is -0.379 e. The van der Waals surface area contributed by atoms with Crippen LogP contribution in [0.15, 0.2) is 48.5 Å². The summed E-state index contributed by atoms with van der Waals surface area (Å²) in [5.41, 5.74) is 18.1. The SMILES string of the molecule is Cc1cc(N2CCCOC[C@@H]2c2cc(Cl)ccc2C)nc(N)n1.Cc1cc(N2CCCOC[C@H]2c2cc(Cl)ccc2C)nc(N)n1. The van der Waals surface area contributed by atoms with Crippen molar-refractivity contribution >= 4 is 46.7 Å². The zero-order valence-electron chi connectivity index (χ0n) is 26.8. The summed E-state index contributed by atoms with van der Waals surface area (Å²) in [4.78, 5) is 21.7. The second-order valence-corrected chi connectivity index (χ2v) is 12.6. The number of rotatable bonds is 4. The molecule has 6 rings (SSSR count). The Bertz CT molecular complexity index is 1490. The van der Waals surface area contributed by atoms with E-state index in [1.807, 2.05) is 62.4 Å². The first-order valence-corrected chi connectivity index (χ1v) is 16.3. The van der Waals surface area contributed by atoms with Crippen molar-refractivity contribution in [3.63, 3.8) is 0 Å². The molecule has 2 aromatic carbocycles. The van der Waals surface area contributed by atoms with Gasteiger partial charge in [-0.1, -0.05) is 35.3 Å².